The molecule has 0 fully saturated rings. The van der Waals surface area contributed by atoms with Gasteiger partial charge >= 0.3 is 0 Å². The highest BCUT2D eigenvalue weighted by atomic mass is 32.1. The molecule has 27 heavy (non-hydrogen) atoms. The van der Waals surface area contributed by atoms with Crippen molar-refractivity contribution in [3.05, 3.63) is 70.7 Å². The topological polar surface area (TPSA) is 64.1 Å². The fraction of sp³-hybridized carbons (Fsp3) is 0.286. The van der Waals surface area contributed by atoms with Gasteiger partial charge in [-0.1, -0.05) is 53.8 Å². The van der Waals surface area contributed by atoms with Crippen molar-refractivity contribution < 1.29 is 9.53 Å². The number of ether oxygens (including phenoxy) is 1. The zero-order valence-corrected chi connectivity index (χ0v) is 16.2. The van der Waals surface area contributed by atoms with E-state index in [2.05, 4.69) is 39.8 Å². The van der Waals surface area contributed by atoms with E-state index >= 15 is 0 Å². The number of aryl methyl sites for hydroxylation is 3. The second kappa shape index (κ2) is 9.83. The van der Waals surface area contributed by atoms with Gasteiger partial charge in [-0.2, -0.15) is 0 Å². The van der Waals surface area contributed by atoms with Crippen LogP contribution in [0.3, 0.4) is 0 Å². The molecule has 1 amide bonds. The first-order chi connectivity index (χ1) is 13.2. The van der Waals surface area contributed by atoms with Gasteiger partial charge in [0.25, 0.3) is 0 Å². The number of hydrogen-bond donors (Lipinski definition) is 1. The molecule has 0 aliphatic rings. The molecule has 5 nitrogen and oxygen atoms in total. The molecule has 3 aromatic rings. The van der Waals surface area contributed by atoms with Crippen LogP contribution >= 0.6 is 11.3 Å². The van der Waals surface area contributed by atoms with Crippen molar-refractivity contribution in [1.82, 2.24) is 10.2 Å². The average molecular weight is 382 g/mol. The number of carbonyl (C=O) groups is 1. The summed E-state index contributed by atoms with van der Waals surface area (Å²) in [6.07, 6.45) is 4.00. The lowest BCUT2D eigenvalue weighted by molar-refractivity contribution is -0.116. The monoisotopic (exact) mass is 381 g/mol. The number of hydrogen-bond acceptors (Lipinski definition) is 5. The molecule has 0 saturated carbocycles. The third-order valence-corrected chi connectivity index (χ3v) is 5.11. The maximum atomic E-state index is 12.1. The standard InChI is InChI=1S/C21H23N3O2S/c1-26-18-13-10-17(11-14-18)12-15-19(25)22-21-24-23-20(27-21)9-5-8-16-6-3-2-4-7-16/h2-4,6-7,10-11,13-14H,5,8-9,12,15H2,1H3,(H,22,24,25). The number of anilines is 1. The molecular formula is C21H23N3O2S. The summed E-state index contributed by atoms with van der Waals surface area (Å²) in [4.78, 5) is 12.1. The van der Waals surface area contributed by atoms with E-state index in [4.69, 9.17) is 4.74 Å². The summed E-state index contributed by atoms with van der Waals surface area (Å²) in [7, 11) is 1.64. The van der Waals surface area contributed by atoms with Crippen LogP contribution in [0.25, 0.3) is 0 Å². The van der Waals surface area contributed by atoms with Crippen molar-refractivity contribution in [3.8, 4) is 5.75 Å². The summed E-state index contributed by atoms with van der Waals surface area (Å²) in [5, 5.41) is 12.6. The largest absolute Gasteiger partial charge is 0.497 e. The Kier molecular flexibility index (Phi) is 6.93. The van der Waals surface area contributed by atoms with E-state index in [1.807, 2.05) is 30.3 Å². The van der Waals surface area contributed by atoms with Crippen molar-refractivity contribution in [2.75, 3.05) is 12.4 Å². The first-order valence-electron chi connectivity index (χ1n) is 9.02. The van der Waals surface area contributed by atoms with Crippen molar-refractivity contribution in [2.45, 2.75) is 32.1 Å². The minimum absolute atomic E-state index is 0.0437. The molecule has 1 aromatic heterocycles. The smallest absolute Gasteiger partial charge is 0.226 e. The third kappa shape index (κ3) is 6.18. The molecule has 6 heteroatoms. The Labute approximate surface area is 163 Å². The Balaban J connectivity index is 1.40. The molecule has 0 aliphatic heterocycles. The van der Waals surface area contributed by atoms with Gasteiger partial charge in [0.05, 0.1) is 7.11 Å². The number of nitrogens with one attached hydrogen (secondary N) is 1. The van der Waals surface area contributed by atoms with Gasteiger partial charge in [0.15, 0.2) is 0 Å². The van der Waals surface area contributed by atoms with Gasteiger partial charge in [-0.05, 0) is 42.5 Å². The maximum Gasteiger partial charge on any atom is 0.226 e. The fourth-order valence-electron chi connectivity index (χ4n) is 2.73. The molecule has 0 spiro atoms. The number of benzene rings is 2. The third-order valence-electron chi connectivity index (χ3n) is 4.21. The second-order valence-electron chi connectivity index (χ2n) is 6.24. The predicted molar refractivity (Wildman–Crippen MR) is 108 cm³/mol. The Morgan fingerprint density at radius 3 is 2.44 bits per heavy atom. The van der Waals surface area contributed by atoms with E-state index in [9.17, 15) is 4.79 Å². The van der Waals surface area contributed by atoms with Crippen molar-refractivity contribution in [3.63, 3.8) is 0 Å². The van der Waals surface area contributed by atoms with Crippen molar-refractivity contribution in [1.29, 1.82) is 0 Å². The molecule has 1 heterocycles. The minimum Gasteiger partial charge on any atom is -0.497 e. The lowest BCUT2D eigenvalue weighted by Gasteiger charge is -2.03. The maximum absolute atomic E-state index is 12.1. The Morgan fingerprint density at radius 2 is 1.70 bits per heavy atom. The van der Waals surface area contributed by atoms with Crippen LogP contribution in [0.2, 0.25) is 0 Å². The highest BCUT2D eigenvalue weighted by Gasteiger charge is 2.09. The average Bonchev–Trinajstić information content (AvgIpc) is 3.14. The first-order valence-corrected chi connectivity index (χ1v) is 9.83. The number of nitrogens with zero attached hydrogens (tertiary/aromatic N) is 2. The summed E-state index contributed by atoms with van der Waals surface area (Å²) >= 11 is 1.45. The molecule has 0 saturated heterocycles. The van der Waals surface area contributed by atoms with Crippen molar-refractivity contribution >= 4 is 22.4 Å². The van der Waals surface area contributed by atoms with E-state index in [-0.39, 0.29) is 5.91 Å². The lowest BCUT2D eigenvalue weighted by atomic mass is 10.1. The van der Waals surface area contributed by atoms with Gasteiger partial charge in [0, 0.05) is 12.8 Å². The van der Waals surface area contributed by atoms with Crippen LogP contribution in [0, 0.1) is 0 Å². The van der Waals surface area contributed by atoms with Gasteiger partial charge in [-0.3, -0.25) is 4.79 Å². The predicted octanol–water partition coefficient (Wildman–Crippen LogP) is 4.29. The minimum atomic E-state index is -0.0437. The molecule has 0 aliphatic carbocycles. The quantitative estimate of drug-likeness (QED) is 0.600. The van der Waals surface area contributed by atoms with Crippen LogP contribution in [-0.2, 0) is 24.1 Å². The Hall–Kier alpha value is -2.73. The fourth-order valence-corrected chi connectivity index (χ4v) is 3.52. The van der Waals surface area contributed by atoms with Gasteiger partial charge in [-0.15, -0.1) is 10.2 Å². The Bertz CT molecular complexity index is 847. The van der Waals surface area contributed by atoms with Crippen molar-refractivity contribution in [2.24, 2.45) is 0 Å². The van der Waals surface area contributed by atoms with E-state index in [1.165, 1.54) is 16.9 Å². The summed E-state index contributed by atoms with van der Waals surface area (Å²) < 4.78 is 5.14. The molecular weight excluding hydrogens is 358 g/mol. The van der Waals surface area contributed by atoms with Crippen LogP contribution in [0.15, 0.2) is 54.6 Å². The van der Waals surface area contributed by atoms with Gasteiger partial charge in [0.2, 0.25) is 11.0 Å². The number of rotatable bonds is 9. The number of aromatic nitrogens is 2. The summed E-state index contributed by atoms with van der Waals surface area (Å²) in [6.45, 7) is 0. The molecule has 0 unspecified atom stereocenters. The van der Waals surface area contributed by atoms with Gasteiger partial charge < -0.3 is 10.1 Å². The first kappa shape index (κ1) is 19.0. The number of carbonyl (C=O) groups excluding carboxylic acids is 1. The molecule has 0 bridgehead atoms. The zero-order valence-electron chi connectivity index (χ0n) is 15.4. The zero-order chi connectivity index (χ0) is 18.9. The van der Waals surface area contributed by atoms with E-state index in [1.54, 1.807) is 7.11 Å². The van der Waals surface area contributed by atoms with Crippen LogP contribution in [0.1, 0.15) is 29.0 Å². The van der Waals surface area contributed by atoms with E-state index in [0.717, 1.165) is 35.6 Å². The highest BCUT2D eigenvalue weighted by Crippen LogP contribution is 2.18. The number of amides is 1. The van der Waals surface area contributed by atoms with E-state index in [0.29, 0.717) is 18.0 Å². The summed E-state index contributed by atoms with van der Waals surface area (Å²) in [5.74, 6) is 0.773. The second-order valence-corrected chi connectivity index (χ2v) is 7.30. The summed E-state index contributed by atoms with van der Waals surface area (Å²) in [5.41, 5.74) is 2.43. The van der Waals surface area contributed by atoms with Gasteiger partial charge in [-0.25, -0.2) is 0 Å². The lowest BCUT2D eigenvalue weighted by Crippen LogP contribution is -2.12. The van der Waals surface area contributed by atoms with Gasteiger partial charge in [0.1, 0.15) is 10.8 Å². The molecule has 0 atom stereocenters. The van der Waals surface area contributed by atoms with Crippen LogP contribution in [0.4, 0.5) is 5.13 Å². The Morgan fingerprint density at radius 1 is 0.963 bits per heavy atom. The van der Waals surface area contributed by atoms with Crippen LogP contribution < -0.4 is 10.1 Å². The number of methoxy groups -OCH3 is 1. The normalized spacial score (nSPS) is 10.6. The van der Waals surface area contributed by atoms with Crippen LogP contribution in [0.5, 0.6) is 5.75 Å². The molecule has 140 valence electrons. The van der Waals surface area contributed by atoms with E-state index < -0.39 is 0 Å². The summed E-state index contributed by atoms with van der Waals surface area (Å²) in [6, 6.07) is 18.2. The molecule has 2 aromatic carbocycles. The molecule has 0 radical (unpaired) electrons. The molecule has 3 rings (SSSR count). The SMILES string of the molecule is COc1ccc(CCC(=O)Nc2nnc(CCCc3ccccc3)s2)cc1. The van der Waals surface area contributed by atoms with Crippen LogP contribution in [-0.4, -0.2) is 23.2 Å². The molecule has 1 N–H and O–H groups in total. The highest BCUT2D eigenvalue weighted by molar-refractivity contribution is 7.15.